The predicted molar refractivity (Wildman–Crippen MR) is 97.0 cm³/mol. The van der Waals surface area contributed by atoms with Crippen LogP contribution >= 0.6 is 0 Å². The second-order valence-corrected chi connectivity index (χ2v) is 6.29. The fraction of sp³-hybridized carbons (Fsp3) is 0.650. The summed E-state index contributed by atoms with van der Waals surface area (Å²) in [6.45, 7) is 2.21. The van der Waals surface area contributed by atoms with Crippen LogP contribution in [0.4, 0.5) is 0 Å². The molecule has 136 valence electrons. The third kappa shape index (κ3) is 11.2. The lowest BCUT2D eigenvalue weighted by Gasteiger charge is -1.99. The van der Waals surface area contributed by atoms with E-state index in [0.717, 1.165) is 19.3 Å². The molecule has 1 aliphatic rings. The van der Waals surface area contributed by atoms with Gasteiger partial charge >= 0.3 is 5.97 Å². The van der Waals surface area contributed by atoms with E-state index >= 15 is 0 Å². The molecule has 1 rings (SSSR count). The molecule has 1 fully saturated rings. The minimum Gasteiger partial charge on any atom is -0.481 e. The molecule has 0 amide bonds. The average Bonchev–Trinajstić information content (AvgIpc) is 3.30. The van der Waals surface area contributed by atoms with E-state index in [4.69, 9.17) is 9.84 Å². The van der Waals surface area contributed by atoms with Gasteiger partial charge in [-0.25, -0.2) is 0 Å². The zero-order valence-corrected chi connectivity index (χ0v) is 14.8. The predicted octanol–water partition coefficient (Wildman–Crippen LogP) is 4.40. The van der Waals surface area contributed by atoms with Crippen molar-refractivity contribution in [1.82, 2.24) is 0 Å². The highest BCUT2D eigenvalue weighted by Gasteiger charge is 2.34. The molecule has 24 heavy (non-hydrogen) atoms. The maximum Gasteiger partial charge on any atom is 0.303 e. The van der Waals surface area contributed by atoms with Crippen molar-refractivity contribution in [3.8, 4) is 0 Å². The van der Waals surface area contributed by atoms with Crippen molar-refractivity contribution < 1.29 is 19.7 Å². The van der Waals surface area contributed by atoms with E-state index in [9.17, 15) is 9.90 Å². The van der Waals surface area contributed by atoms with Gasteiger partial charge in [0.1, 0.15) is 6.10 Å². The summed E-state index contributed by atoms with van der Waals surface area (Å²) >= 11 is 0. The third-order valence-corrected chi connectivity index (χ3v) is 3.96. The van der Waals surface area contributed by atoms with Crippen molar-refractivity contribution in [2.24, 2.45) is 0 Å². The van der Waals surface area contributed by atoms with Gasteiger partial charge in [0.25, 0.3) is 0 Å². The first kappa shape index (κ1) is 20.7. The Labute approximate surface area is 145 Å². The zero-order valence-electron chi connectivity index (χ0n) is 14.8. The molecule has 0 saturated carbocycles. The number of carbonyl (C=O) groups is 1. The minimum absolute atomic E-state index is 0.138. The molecule has 4 heteroatoms. The van der Waals surface area contributed by atoms with Crippen LogP contribution in [0.15, 0.2) is 36.5 Å². The van der Waals surface area contributed by atoms with Gasteiger partial charge in [-0.1, -0.05) is 56.2 Å². The Morgan fingerprint density at radius 1 is 1.12 bits per heavy atom. The van der Waals surface area contributed by atoms with Gasteiger partial charge in [-0.3, -0.25) is 4.79 Å². The summed E-state index contributed by atoms with van der Waals surface area (Å²) in [5.74, 6) is -0.763. The Morgan fingerprint density at radius 2 is 1.88 bits per heavy atom. The molecular weight excluding hydrogens is 304 g/mol. The van der Waals surface area contributed by atoms with Crippen LogP contribution < -0.4 is 0 Å². The number of epoxide rings is 1. The zero-order chi connectivity index (χ0) is 17.6. The lowest BCUT2D eigenvalue weighted by molar-refractivity contribution is -0.137. The summed E-state index contributed by atoms with van der Waals surface area (Å²) in [6, 6.07) is 0. The summed E-state index contributed by atoms with van der Waals surface area (Å²) in [6.07, 6.45) is 19.9. The van der Waals surface area contributed by atoms with Crippen molar-refractivity contribution in [2.75, 3.05) is 0 Å². The number of ether oxygens (including phenoxy) is 1. The van der Waals surface area contributed by atoms with Gasteiger partial charge in [-0.05, 0) is 38.5 Å². The Balaban J connectivity index is 2.04. The quantitative estimate of drug-likeness (QED) is 0.280. The highest BCUT2D eigenvalue weighted by atomic mass is 16.6. The molecule has 1 unspecified atom stereocenters. The van der Waals surface area contributed by atoms with E-state index in [-0.39, 0.29) is 18.6 Å². The third-order valence-electron chi connectivity index (χ3n) is 3.96. The van der Waals surface area contributed by atoms with E-state index in [1.165, 1.54) is 19.3 Å². The van der Waals surface area contributed by atoms with Gasteiger partial charge in [0.2, 0.25) is 0 Å². The van der Waals surface area contributed by atoms with E-state index < -0.39 is 12.1 Å². The van der Waals surface area contributed by atoms with Crippen LogP contribution in [0.1, 0.15) is 64.7 Å². The van der Waals surface area contributed by atoms with Gasteiger partial charge in [-0.2, -0.15) is 0 Å². The van der Waals surface area contributed by atoms with Crippen LogP contribution in [0, 0.1) is 0 Å². The van der Waals surface area contributed by atoms with Crippen molar-refractivity contribution in [2.45, 2.75) is 83.0 Å². The highest BCUT2D eigenvalue weighted by Crippen LogP contribution is 2.27. The fourth-order valence-corrected chi connectivity index (χ4v) is 2.42. The number of carboxylic acids is 1. The van der Waals surface area contributed by atoms with E-state index in [0.29, 0.717) is 12.8 Å². The second kappa shape index (κ2) is 13.0. The van der Waals surface area contributed by atoms with Crippen LogP contribution in [-0.2, 0) is 9.53 Å². The topological polar surface area (TPSA) is 70.1 Å². The summed E-state index contributed by atoms with van der Waals surface area (Å²) in [5.41, 5.74) is 0. The van der Waals surface area contributed by atoms with Gasteiger partial charge in [0, 0.05) is 6.42 Å². The molecule has 1 aliphatic heterocycles. The molecule has 0 bridgehead atoms. The lowest BCUT2D eigenvalue weighted by atomic mass is 10.1. The summed E-state index contributed by atoms with van der Waals surface area (Å²) in [7, 11) is 0. The normalized spacial score (nSPS) is 21.9. The molecule has 0 radical (unpaired) electrons. The number of aliphatic hydroxyl groups excluding tert-OH is 1. The number of rotatable bonds is 14. The van der Waals surface area contributed by atoms with Gasteiger partial charge in [0.05, 0.1) is 12.2 Å². The molecule has 1 saturated heterocycles. The molecule has 1 heterocycles. The van der Waals surface area contributed by atoms with Crippen LogP contribution in [0.25, 0.3) is 0 Å². The number of carboxylic acid groups (broad SMARTS) is 1. The minimum atomic E-state index is -0.763. The molecule has 0 aromatic carbocycles. The fourth-order valence-electron chi connectivity index (χ4n) is 2.42. The van der Waals surface area contributed by atoms with Crippen molar-refractivity contribution in [3.63, 3.8) is 0 Å². The number of aliphatic carboxylic acids is 1. The van der Waals surface area contributed by atoms with Crippen LogP contribution in [-0.4, -0.2) is 34.5 Å². The number of hydrogen-bond donors (Lipinski definition) is 2. The number of allylic oxidation sites excluding steroid dienone is 2. The Bertz CT molecular complexity index is 425. The smallest absolute Gasteiger partial charge is 0.303 e. The van der Waals surface area contributed by atoms with Crippen LogP contribution in [0.2, 0.25) is 0 Å². The first-order chi connectivity index (χ1) is 11.6. The van der Waals surface area contributed by atoms with E-state index in [2.05, 4.69) is 19.1 Å². The van der Waals surface area contributed by atoms with Crippen molar-refractivity contribution in [1.29, 1.82) is 0 Å². The van der Waals surface area contributed by atoms with Gasteiger partial charge in [-0.15, -0.1) is 0 Å². The standard InChI is InChI=1S/C20H32O4/c1-2-3-4-5-6-10-13-18-19(24-18)16-15-17(21)12-9-7-8-11-14-20(22)23/h6-7,9-10,15-19,21H,2-5,8,11-14H2,1H3,(H,22,23)/b9-7+,10-6+,16-15+/t17?,18-,19-/m0/s1. The summed E-state index contributed by atoms with van der Waals surface area (Å²) in [5, 5.41) is 18.4. The molecule has 0 aromatic heterocycles. The Hall–Kier alpha value is -1.39. The Kier molecular flexibility index (Phi) is 11.2. The highest BCUT2D eigenvalue weighted by molar-refractivity contribution is 5.66. The number of hydrogen-bond acceptors (Lipinski definition) is 3. The van der Waals surface area contributed by atoms with E-state index in [1.807, 2.05) is 18.2 Å². The monoisotopic (exact) mass is 336 g/mol. The second-order valence-electron chi connectivity index (χ2n) is 6.29. The summed E-state index contributed by atoms with van der Waals surface area (Å²) in [4.78, 5) is 10.4. The van der Waals surface area contributed by atoms with Crippen molar-refractivity contribution >= 4 is 5.97 Å². The maximum atomic E-state index is 10.4. The van der Waals surface area contributed by atoms with Crippen molar-refractivity contribution in [3.05, 3.63) is 36.5 Å². The SMILES string of the molecule is CCCCC/C=C/C[C@@H]1O[C@H]1/C=C/C(O)C/C=C/CCCC(=O)O. The van der Waals surface area contributed by atoms with E-state index in [1.54, 1.807) is 6.08 Å². The molecule has 4 nitrogen and oxygen atoms in total. The largest absolute Gasteiger partial charge is 0.481 e. The number of aliphatic hydroxyl groups is 1. The van der Waals surface area contributed by atoms with Gasteiger partial charge in [0.15, 0.2) is 0 Å². The molecule has 0 aromatic rings. The number of unbranched alkanes of at least 4 members (excludes halogenated alkanes) is 4. The molecule has 0 aliphatic carbocycles. The van der Waals surface area contributed by atoms with Crippen LogP contribution in [0.5, 0.6) is 0 Å². The maximum absolute atomic E-state index is 10.4. The molecule has 2 N–H and O–H groups in total. The molecule has 3 atom stereocenters. The van der Waals surface area contributed by atoms with Gasteiger partial charge < -0.3 is 14.9 Å². The summed E-state index contributed by atoms with van der Waals surface area (Å²) < 4.78 is 5.55. The first-order valence-electron chi connectivity index (χ1n) is 9.17. The average molecular weight is 336 g/mol. The molecule has 0 spiro atoms. The molecular formula is C20H32O4. The Morgan fingerprint density at radius 3 is 2.62 bits per heavy atom. The lowest BCUT2D eigenvalue weighted by Crippen LogP contribution is -2.00. The van der Waals surface area contributed by atoms with Crippen LogP contribution in [0.3, 0.4) is 0 Å². The first-order valence-corrected chi connectivity index (χ1v) is 9.17.